The molecular formula is C26H24N2O6. The van der Waals surface area contributed by atoms with Gasteiger partial charge in [-0.15, -0.1) is 0 Å². The van der Waals surface area contributed by atoms with E-state index in [2.05, 4.69) is 5.32 Å². The largest absolute Gasteiger partial charge is 0.449 e. The Morgan fingerprint density at radius 2 is 1.59 bits per heavy atom. The van der Waals surface area contributed by atoms with Gasteiger partial charge in [0, 0.05) is 35.4 Å². The Morgan fingerprint density at radius 1 is 0.912 bits per heavy atom. The number of esters is 1. The van der Waals surface area contributed by atoms with Gasteiger partial charge in [-0.1, -0.05) is 36.4 Å². The summed E-state index contributed by atoms with van der Waals surface area (Å²) in [5.41, 5.74) is 3.23. The van der Waals surface area contributed by atoms with Gasteiger partial charge in [0.1, 0.15) is 0 Å². The number of benzene rings is 3. The highest BCUT2D eigenvalue weighted by atomic mass is 16.6. The lowest BCUT2D eigenvalue weighted by Gasteiger charge is -2.17. The average molecular weight is 460 g/mol. The summed E-state index contributed by atoms with van der Waals surface area (Å²) in [5.74, 6) is -1.56. The van der Waals surface area contributed by atoms with Crippen molar-refractivity contribution in [3.8, 4) is 0 Å². The van der Waals surface area contributed by atoms with Crippen LogP contribution in [0, 0.1) is 24.0 Å². The quantitative estimate of drug-likeness (QED) is 0.206. The van der Waals surface area contributed by atoms with Crippen LogP contribution in [0.15, 0.2) is 72.8 Å². The minimum Gasteiger partial charge on any atom is -0.449 e. The van der Waals surface area contributed by atoms with Gasteiger partial charge >= 0.3 is 5.97 Å². The first-order valence-electron chi connectivity index (χ1n) is 10.6. The molecule has 0 aromatic heterocycles. The molecule has 3 rings (SSSR count). The van der Waals surface area contributed by atoms with Gasteiger partial charge in [-0.3, -0.25) is 24.5 Å². The number of carbonyl (C=O) groups excluding carboxylic acids is 3. The third-order valence-corrected chi connectivity index (χ3v) is 5.30. The number of amides is 1. The topological polar surface area (TPSA) is 116 Å². The molecule has 0 spiro atoms. The van der Waals surface area contributed by atoms with E-state index < -0.39 is 22.8 Å². The molecule has 0 aliphatic rings. The van der Waals surface area contributed by atoms with Crippen LogP contribution in [0.3, 0.4) is 0 Å². The van der Waals surface area contributed by atoms with Gasteiger partial charge in [0.25, 0.3) is 5.69 Å². The van der Waals surface area contributed by atoms with Crippen molar-refractivity contribution in [3.05, 3.63) is 105 Å². The molecule has 8 heteroatoms. The fourth-order valence-electron chi connectivity index (χ4n) is 3.25. The molecule has 0 heterocycles. The number of nitro groups is 1. The van der Waals surface area contributed by atoms with Crippen LogP contribution in [0.2, 0.25) is 0 Å². The van der Waals surface area contributed by atoms with Crippen molar-refractivity contribution in [2.75, 3.05) is 5.32 Å². The van der Waals surface area contributed by atoms with Crippen molar-refractivity contribution in [1.82, 2.24) is 0 Å². The summed E-state index contributed by atoms with van der Waals surface area (Å²) in [4.78, 5) is 48.2. The number of ketones is 1. The van der Waals surface area contributed by atoms with Crippen molar-refractivity contribution in [2.45, 2.75) is 32.8 Å². The van der Waals surface area contributed by atoms with Gasteiger partial charge in [-0.25, -0.2) is 0 Å². The lowest BCUT2D eigenvalue weighted by molar-refractivity contribution is -0.384. The van der Waals surface area contributed by atoms with Crippen LogP contribution >= 0.6 is 0 Å². The molecule has 0 aliphatic heterocycles. The zero-order chi connectivity index (χ0) is 24.7. The van der Waals surface area contributed by atoms with Crippen LogP contribution < -0.4 is 5.32 Å². The molecule has 0 unspecified atom stereocenters. The molecule has 1 amide bonds. The molecule has 3 aromatic rings. The first-order chi connectivity index (χ1) is 16.2. The fraction of sp³-hybridized carbons (Fsp3) is 0.192. The minimum absolute atomic E-state index is 0.127. The van der Waals surface area contributed by atoms with E-state index in [-0.39, 0.29) is 24.4 Å². The summed E-state index contributed by atoms with van der Waals surface area (Å²) >= 11 is 0. The standard InChI is InChI=1S/C26H24N2O6/c1-17-8-11-21(16-18(17)2)27-23(29)14-15-24(30)34-26(25(31)19-6-4-3-5-7-19)20-9-12-22(13-10-20)28(32)33/h3-13,16,26H,14-15H2,1-2H3,(H,27,29)/t26-/m1/s1. The molecular weight excluding hydrogens is 436 g/mol. The smallest absolute Gasteiger partial charge is 0.307 e. The molecule has 0 saturated heterocycles. The molecule has 34 heavy (non-hydrogen) atoms. The van der Waals surface area contributed by atoms with Crippen molar-refractivity contribution in [3.63, 3.8) is 0 Å². The number of hydrogen-bond donors (Lipinski definition) is 1. The number of nitrogens with zero attached hydrogens (tertiary/aromatic N) is 1. The fourth-order valence-corrected chi connectivity index (χ4v) is 3.25. The molecule has 0 saturated carbocycles. The molecule has 8 nitrogen and oxygen atoms in total. The second kappa shape index (κ2) is 11.0. The maximum atomic E-state index is 13.0. The van der Waals surface area contributed by atoms with Crippen molar-refractivity contribution < 1.29 is 24.0 Å². The van der Waals surface area contributed by atoms with Crippen molar-refractivity contribution >= 4 is 29.0 Å². The van der Waals surface area contributed by atoms with Gasteiger partial charge in [0.15, 0.2) is 6.10 Å². The highest BCUT2D eigenvalue weighted by Crippen LogP contribution is 2.25. The number of anilines is 1. The minimum atomic E-state index is -1.29. The number of hydrogen-bond acceptors (Lipinski definition) is 6. The summed E-state index contributed by atoms with van der Waals surface area (Å²) in [6.07, 6.45) is -1.65. The molecule has 0 aliphatic carbocycles. The summed E-state index contributed by atoms with van der Waals surface area (Å²) in [6, 6.07) is 19.0. The van der Waals surface area contributed by atoms with E-state index in [9.17, 15) is 24.5 Å². The van der Waals surface area contributed by atoms with Crippen LogP contribution in [0.5, 0.6) is 0 Å². The van der Waals surface area contributed by atoms with Gasteiger partial charge in [0.2, 0.25) is 11.7 Å². The second-order valence-electron chi connectivity index (χ2n) is 7.80. The van der Waals surface area contributed by atoms with Crippen molar-refractivity contribution in [2.24, 2.45) is 0 Å². The second-order valence-corrected chi connectivity index (χ2v) is 7.80. The molecule has 174 valence electrons. The Balaban J connectivity index is 1.69. The molecule has 3 aromatic carbocycles. The SMILES string of the molecule is Cc1ccc(NC(=O)CCC(=O)O[C@@H](C(=O)c2ccccc2)c2ccc([N+](=O)[O-])cc2)cc1C. The zero-order valence-electron chi connectivity index (χ0n) is 18.8. The Labute approximate surface area is 196 Å². The lowest BCUT2D eigenvalue weighted by atomic mass is 9.99. The molecule has 1 atom stereocenters. The van der Waals surface area contributed by atoms with E-state index in [0.717, 1.165) is 11.1 Å². The Hall–Kier alpha value is -4.33. The molecule has 1 N–H and O–H groups in total. The van der Waals surface area contributed by atoms with E-state index in [4.69, 9.17) is 4.74 Å². The Bertz CT molecular complexity index is 1210. The summed E-state index contributed by atoms with van der Waals surface area (Å²) in [6.45, 7) is 3.90. The number of rotatable bonds is 9. The number of carbonyl (C=O) groups is 3. The molecule has 0 fully saturated rings. The maximum Gasteiger partial charge on any atom is 0.307 e. The van der Waals surface area contributed by atoms with Gasteiger partial charge in [-0.2, -0.15) is 0 Å². The van der Waals surface area contributed by atoms with E-state index in [0.29, 0.717) is 16.8 Å². The molecule has 0 bridgehead atoms. The zero-order valence-corrected chi connectivity index (χ0v) is 18.8. The highest BCUT2D eigenvalue weighted by Gasteiger charge is 2.27. The van der Waals surface area contributed by atoms with Crippen molar-refractivity contribution in [1.29, 1.82) is 0 Å². The van der Waals surface area contributed by atoms with Crippen LogP contribution in [0.1, 0.15) is 46.0 Å². The Kier molecular flexibility index (Phi) is 7.87. The summed E-state index contributed by atoms with van der Waals surface area (Å²) < 4.78 is 5.45. The Morgan fingerprint density at radius 3 is 2.21 bits per heavy atom. The number of non-ortho nitro benzene ring substituents is 1. The molecule has 0 radical (unpaired) electrons. The summed E-state index contributed by atoms with van der Waals surface area (Å²) in [7, 11) is 0. The van der Waals surface area contributed by atoms with E-state index in [1.807, 2.05) is 26.0 Å². The van der Waals surface area contributed by atoms with Crippen LogP contribution in [-0.2, 0) is 14.3 Å². The van der Waals surface area contributed by atoms with E-state index in [1.165, 1.54) is 24.3 Å². The maximum absolute atomic E-state index is 13.0. The highest BCUT2D eigenvalue weighted by molar-refractivity contribution is 6.01. The van der Waals surface area contributed by atoms with Gasteiger partial charge in [0.05, 0.1) is 11.3 Å². The normalized spacial score (nSPS) is 11.4. The van der Waals surface area contributed by atoms with Gasteiger partial charge in [-0.05, 0) is 49.2 Å². The predicted molar refractivity (Wildman–Crippen MR) is 126 cm³/mol. The summed E-state index contributed by atoms with van der Waals surface area (Å²) in [5, 5.41) is 13.7. The van der Waals surface area contributed by atoms with Gasteiger partial charge < -0.3 is 10.1 Å². The third-order valence-electron chi connectivity index (χ3n) is 5.30. The first kappa shape index (κ1) is 24.3. The van der Waals surface area contributed by atoms with Crippen LogP contribution in [0.4, 0.5) is 11.4 Å². The van der Waals surface area contributed by atoms with E-state index >= 15 is 0 Å². The first-order valence-corrected chi connectivity index (χ1v) is 10.6. The lowest BCUT2D eigenvalue weighted by Crippen LogP contribution is -2.21. The van der Waals surface area contributed by atoms with Crippen LogP contribution in [-0.4, -0.2) is 22.6 Å². The van der Waals surface area contributed by atoms with E-state index in [1.54, 1.807) is 36.4 Å². The third kappa shape index (κ3) is 6.35. The number of ether oxygens (including phenoxy) is 1. The monoisotopic (exact) mass is 460 g/mol. The predicted octanol–water partition coefficient (Wildman–Crippen LogP) is 5.10. The number of nitrogens with one attached hydrogen (secondary N) is 1. The number of aryl methyl sites for hydroxylation is 2. The number of Topliss-reactive ketones (excluding diaryl/α,β-unsaturated/α-hetero) is 1. The van der Waals surface area contributed by atoms with Crippen LogP contribution in [0.25, 0.3) is 0 Å². The number of nitro benzene ring substituents is 1. The average Bonchev–Trinajstić information content (AvgIpc) is 2.84.